The van der Waals surface area contributed by atoms with Gasteiger partial charge in [-0.2, -0.15) is 5.26 Å². The maximum atomic E-state index is 11.5. The number of hydrogen-bond acceptors (Lipinski definition) is 4. The van der Waals surface area contributed by atoms with Crippen molar-refractivity contribution in [3.63, 3.8) is 0 Å². The van der Waals surface area contributed by atoms with Crippen LogP contribution in [0.2, 0.25) is 10.0 Å². The lowest BCUT2D eigenvalue weighted by atomic mass is 9.95. The monoisotopic (exact) mass is 341 g/mol. The number of ether oxygens (including phenoxy) is 1. The van der Waals surface area contributed by atoms with Crippen molar-refractivity contribution in [2.75, 3.05) is 26.2 Å². The average molecular weight is 342 g/mol. The zero-order valence-corrected chi connectivity index (χ0v) is 13.5. The number of hydrogen-bond donors (Lipinski definition) is 2. The van der Waals surface area contributed by atoms with Gasteiger partial charge in [-0.1, -0.05) is 29.3 Å². The van der Waals surface area contributed by atoms with Crippen molar-refractivity contribution in [1.82, 2.24) is 10.6 Å². The van der Waals surface area contributed by atoms with E-state index in [0.717, 1.165) is 12.1 Å². The van der Waals surface area contributed by atoms with Crippen LogP contribution in [0.25, 0.3) is 0 Å². The second-order valence-corrected chi connectivity index (χ2v) is 5.88. The van der Waals surface area contributed by atoms with E-state index in [1.807, 2.05) is 12.1 Å². The van der Waals surface area contributed by atoms with E-state index in [1.54, 1.807) is 12.1 Å². The van der Waals surface area contributed by atoms with Crippen LogP contribution in [0.3, 0.4) is 0 Å². The summed E-state index contributed by atoms with van der Waals surface area (Å²) < 4.78 is 5.91. The quantitative estimate of drug-likeness (QED) is 0.881. The Bertz CT molecular complexity index is 574. The minimum atomic E-state index is -0.278. The van der Waals surface area contributed by atoms with E-state index in [2.05, 4.69) is 10.6 Å². The Balaban J connectivity index is 2.11. The zero-order valence-electron chi connectivity index (χ0n) is 11.9. The molecule has 1 heterocycles. The molecule has 0 radical (unpaired) electrons. The first-order valence-electron chi connectivity index (χ1n) is 7.02. The summed E-state index contributed by atoms with van der Waals surface area (Å²) in [6.07, 6.45) is -0.328. The number of carbonyl (C=O) groups is 1. The van der Waals surface area contributed by atoms with Gasteiger partial charge in [0.25, 0.3) is 0 Å². The van der Waals surface area contributed by atoms with Crippen LogP contribution in [0.1, 0.15) is 18.1 Å². The van der Waals surface area contributed by atoms with Crippen LogP contribution in [0.5, 0.6) is 0 Å². The van der Waals surface area contributed by atoms with Gasteiger partial charge in [-0.15, -0.1) is 0 Å². The van der Waals surface area contributed by atoms with Crippen LogP contribution in [0.4, 0.5) is 0 Å². The molecule has 7 heteroatoms. The maximum absolute atomic E-state index is 11.5. The molecule has 0 saturated carbocycles. The number of nitriles is 1. The minimum absolute atomic E-state index is 0.0439. The lowest BCUT2D eigenvalue weighted by Crippen LogP contribution is -2.36. The molecule has 0 spiro atoms. The van der Waals surface area contributed by atoms with Crippen LogP contribution >= 0.6 is 23.2 Å². The highest BCUT2D eigenvalue weighted by atomic mass is 35.5. The molecule has 2 N–H and O–H groups in total. The topological polar surface area (TPSA) is 74.2 Å². The van der Waals surface area contributed by atoms with Crippen LogP contribution < -0.4 is 10.6 Å². The van der Waals surface area contributed by atoms with E-state index in [4.69, 9.17) is 33.2 Å². The largest absolute Gasteiger partial charge is 0.372 e. The van der Waals surface area contributed by atoms with Gasteiger partial charge in [0.05, 0.1) is 28.8 Å². The predicted molar refractivity (Wildman–Crippen MR) is 84.8 cm³/mol. The highest BCUT2D eigenvalue weighted by Gasteiger charge is 2.27. The lowest BCUT2D eigenvalue weighted by molar-refractivity contribution is -0.120. The number of benzene rings is 1. The van der Waals surface area contributed by atoms with Crippen molar-refractivity contribution in [1.29, 1.82) is 5.26 Å². The number of nitrogens with zero attached hydrogens (tertiary/aromatic N) is 1. The Kier molecular flexibility index (Phi) is 6.47. The molecule has 5 nitrogen and oxygen atoms in total. The summed E-state index contributed by atoms with van der Waals surface area (Å²) in [5.74, 6) is -0.234. The van der Waals surface area contributed by atoms with Crippen molar-refractivity contribution >= 4 is 29.1 Å². The molecule has 0 bridgehead atoms. The van der Waals surface area contributed by atoms with Gasteiger partial charge in [0, 0.05) is 25.6 Å². The second-order valence-electron chi connectivity index (χ2n) is 5.07. The molecule has 1 saturated heterocycles. The lowest BCUT2D eigenvalue weighted by Gasteiger charge is -2.25. The van der Waals surface area contributed by atoms with Crippen LogP contribution in [-0.4, -0.2) is 32.1 Å². The molecule has 1 aliphatic heterocycles. The summed E-state index contributed by atoms with van der Waals surface area (Å²) in [4.78, 5) is 11.5. The van der Waals surface area contributed by atoms with Crippen molar-refractivity contribution in [2.45, 2.75) is 12.5 Å². The molecule has 1 aromatic carbocycles. The van der Waals surface area contributed by atoms with Crippen LogP contribution in [0.15, 0.2) is 18.2 Å². The van der Waals surface area contributed by atoms with Crippen molar-refractivity contribution < 1.29 is 9.53 Å². The summed E-state index contributed by atoms with van der Waals surface area (Å²) in [5, 5.41) is 15.6. The highest BCUT2D eigenvalue weighted by Crippen LogP contribution is 2.31. The molecule has 2 atom stereocenters. The van der Waals surface area contributed by atoms with Gasteiger partial charge in [-0.25, -0.2) is 0 Å². The standard InChI is InChI=1S/C15H17Cl2N3O2/c16-12-2-1-10(7-13(12)17)15-11(8-19-5-6-22-15)9-20-14(21)3-4-18/h1-2,7,11,15,19H,3,5-6,8-9H2,(H,20,21). The fourth-order valence-corrected chi connectivity index (χ4v) is 2.71. The average Bonchev–Trinajstić information content (AvgIpc) is 2.74. The van der Waals surface area contributed by atoms with Gasteiger partial charge in [-0.3, -0.25) is 4.79 Å². The first kappa shape index (κ1) is 17.0. The summed E-state index contributed by atoms with van der Waals surface area (Å²) in [6, 6.07) is 7.25. The Labute approximate surface area is 139 Å². The van der Waals surface area contributed by atoms with Gasteiger partial charge in [-0.05, 0) is 17.7 Å². The van der Waals surface area contributed by atoms with Crippen LogP contribution in [-0.2, 0) is 9.53 Å². The first-order valence-corrected chi connectivity index (χ1v) is 7.78. The Morgan fingerprint density at radius 3 is 3.00 bits per heavy atom. The molecule has 0 aromatic heterocycles. The molecule has 1 aromatic rings. The maximum Gasteiger partial charge on any atom is 0.234 e. The molecule has 1 aliphatic rings. The summed E-state index contributed by atoms with van der Waals surface area (Å²) in [7, 11) is 0. The normalized spacial score (nSPS) is 21.7. The summed E-state index contributed by atoms with van der Waals surface area (Å²) >= 11 is 12.0. The highest BCUT2D eigenvalue weighted by molar-refractivity contribution is 6.42. The van der Waals surface area contributed by atoms with Gasteiger partial charge in [0.1, 0.15) is 6.42 Å². The summed E-state index contributed by atoms with van der Waals surface area (Å²) in [6.45, 7) is 2.46. The van der Waals surface area contributed by atoms with Crippen molar-refractivity contribution in [3.05, 3.63) is 33.8 Å². The number of carbonyl (C=O) groups excluding carboxylic acids is 1. The van der Waals surface area contributed by atoms with Crippen molar-refractivity contribution in [2.24, 2.45) is 5.92 Å². The number of halogens is 2. The zero-order chi connectivity index (χ0) is 15.9. The van der Waals surface area contributed by atoms with Gasteiger partial charge < -0.3 is 15.4 Å². The molecule has 118 valence electrons. The molecule has 2 unspecified atom stereocenters. The third kappa shape index (κ3) is 4.59. The van der Waals surface area contributed by atoms with E-state index < -0.39 is 0 Å². The van der Waals surface area contributed by atoms with Gasteiger partial charge in [0.2, 0.25) is 5.91 Å². The Hall–Kier alpha value is -1.32. The first-order chi connectivity index (χ1) is 10.6. The van der Waals surface area contributed by atoms with Gasteiger partial charge >= 0.3 is 0 Å². The number of rotatable bonds is 4. The fourth-order valence-electron chi connectivity index (χ4n) is 2.40. The molecule has 1 amide bonds. The number of nitrogens with one attached hydrogen (secondary N) is 2. The molecule has 0 aliphatic carbocycles. The third-order valence-electron chi connectivity index (χ3n) is 3.48. The van der Waals surface area contributed by atoms with Gasteiger partial charge in [0.15, 0.2) is 0 Å². The molecule has 2 rings (SSSR count). The van der Waals surface area contributed by atoms with E-state index in [1.165, 1.54) is 0 Å². The third-order valence-corrected chi connectivity index (χ3v) is 4.22. The van der Waals surface area contributed by atoms with Crippen molar-refractivity contribution in [3.8, 4) is 6.07 Å². The van der Waals surface area contributed by atoms with E-state index in [-0.39, 0.29) is 24.3 Å². The predicted octanol–water partition coefficient (Wildman–Crippen LogP) is 2.30. The molecular weight excluding hydrogens is 325 g/mol. The number of amides is 1. The minimum Gasteiger partial charge on any atom is -0.372 e. The second kappa shape index (κ2) is 8.35. The molecular formula is C15H17Cl2N3O2. The SMILES string of the molecule is N#CCC(=O)NCC1CNCCOC1c1ccc(Cl)c(Cl)c1. The Morgan fingerprint density at radius 2 is 2.27 bits per heavy atom. The fraction of sp³-hybridized carbons (Fsp3) is 0.467. The summed E-state index contributed by atoms with van der Waals surface area (Å²) in [5.41, 5.74) is 0.928. The smallest absolute Gasteiger partial charge is 0.234 e. The van der Waals surface area contributed by atoms with E-state index in [9.17, 15) is 4.79 Å². The molecule has 1 fully saturated rings. The van der Waals surface area contributed by atoms with E-state index >= 15 is 0 Å². The Morgan fingerprint density at radius 1 is 1.45 bits per heavy atom. The van der Waals surface area contributed by atoms with E-state index in [0.29, 0.717) is 29.7 Å². The molecule has 22 heavy (non-hydrogen) atoms. The van der Waals surface area contributed by atoms with Crippen LogP contribution in [0, 0.1) is 17.2 Å².